The van der Waals surface area contributed by atoms with Crippen molar-refractivity contribution in [1.29, 1.82) is 0 Å². The molecule has 2 heterocycles. The molecule has 0 radical (unpaired) electrons. The molecule has 98 valence electrons. The van der Waals surface area contributed by atoms with Crippen LogP contribution in [0.3, 0.4) is 0 Å². The number of carbonyl (C=O) groups excluding carboxylic acids is 1. The SMILES string of the molecule is COc1cc(Cl)c2c(c1)[C@H]1CNCCN1C2=O.Cl. The summed E-state index contributed by atoms with van der Waals surface area (Å²) in [6, 6.07) is 3.71. The van der Waals surface area contributed by atoms with Crippen molar-refractivity contribution in [2.45, 2.75) is 6.04 Å². The van der Waals surface area contributed by atoms with Gasteiger partial charge in [0, 0.05) is 19.6 Å². The quantitative estimate of drug-likeness (QED) is 0.858. The van der Waals surface area contributed by atoms with Gasteiger partial charge in [0.1, 0.15) is 5.75 Å². The molecule has 4 nitrogen and oxygen atoms in total. The van der Waals surface area contributed by atoms with Crippen molar-refractivity contribution in [1.82, 2.24) is 10.2 Å². The number of amides is 1. The van der Waals surface area contributed by atoms with Crippen molar-refractivity contribution in [3.05, 3.63) is 28.3 Å². The van der Waals surface area contributed by atoms with Gasteiger partial charge in [0.25, 0.3) is 5.91 Å². The van der Waals surface area contributed by atoms with E-state index in [2.05, 4.69) is 5.32 Å². The molecule has 1 amide bonds. The third kappa shape index (κ3) is 1.85. The van der Waals surface area contributed by atoms with Gasteiger partial charge in [-0.25, -0.2) is 0 Å². The molecule has 0 bridgehead atoms. The largest absolute Gasteiger partial charge is 0.497 e. The van der Waals surface area contributed by atoms with Crippen molar-refractivity contribution >= 4 is 29.9 Å². The zero-order valence-electron chi connectivity index (χ0n) is 9.90. The van der Waals surface area contributed by atoms with Gasteiger partial charge in [0.2, 0.25) is 0 Å². The number of hydrogen-bond acceptors (Lipinski definition) is 3. The number of rotatable bonds is 1. The van der Waals surface area contributed by atoms with E-state index in [1.54, 1.807) is 13.2 Å². The van der Waals surface area contributed by atoms with Gasteiger partial charge in [-0.15, -0.1) is 12.4 Å². The molecule has 0 saturated carbocycles. The molecule has 1 saturated heterocycles. The summed E-state index contributed by atoms with van der Waals surface area (Å²) in [5.74, 6) is 0.744. The summed E-state index contributed by atoms with van der Waals surface area (Å²) in [5, 5.41) is 3.78. The number of nitrogens with zero attached hydrogens (tertiary/aromatic N) is 1. The van der Waals surface area contributed by atoms with Gasteiger partial charge in [-0.1, -0.05) is 11.6 Å². The molecular weight excluding hydrogens is 275 g/mol. The van der Waals surface area contributed by atoms with Gasteiger partial charge < -0.3 is 15.0 Å². The Balaban J connectivity index is 0.00000120. The first-order valence-electron chi connectivity index (χ1n) is 5.61. The van der Waals surface area contributed by atoms with Crippen molar-refractivity contribution in [2.75, 3.05) is 26.7 Å². The normalized spacial score (nSPS) is 21.1. The molecule has 1 fully saturated rings. The van der Waals surface area contributed by atoms with Gasteiger partial charge in [0.15, 0.2) is 0 Å². The van der Waals surface area contributed by atoms with Crippen LogP contribution in [0, 0.1) is 0 Å². The molecule has 1 N–H and O–H groups in total. The highest BCUT2D eigenvalue weighted by atomic mass is 35.5. The lowest BCUT2D eigenvalue weighted by atomic mass is 10.0. The number of carbonyl (C=O) groups is 1. The van der Waals surface area contributed by atoms with Crippen LogP contribution in [-0.2, 0) is 0 Å². The van der Waals surface area contributed by atoms with Crippen LogP contribution in [0.5, 0.6) is 5.75 Å². The lowest BCUT2D eigenvalue weighted by Gasteiger charge is -2.30. The Labute approximate surface area is 117 Å². The van der Waals surface area contributed by atoms with Crippen LogP contribution in [-0.4, -0.2) is 37.6 Å². The standard InChI is InChI=1S/C12H13ClN2O2.ClH/c1-17-7-4-8-10-6-14-2-3-15(10)12(16)11(8)9(13)5-7;/h4-5,10,14H,2-3,6H2,1H3;1H/t10-;/m1./s1. The number of halogens is 2. The lowest BCUT2D eigenvalue weighted by molar-refractivity contribution is 0.0691. The average molecular weight is 289 g/mol. The van der Waals surface area contributed by atoms with E-state index >= 15 is 0 Å². The maximum atomic E-state index is 12.2. The van der Waals surface area contributed by atoms with Crippen LogP contribution in [0.4, 0.5) is 0 Å². The summed E-state index contributed by atoms with van der Waals surface area (Å²) < 4.78 is 5.20. The number of piperazine rings is 1. The Bertz CT molecular complexity index is 493. The average Bonchev–Trinajstić information content (AvgIpc) is 2.64. The number of nitrogens with one attached hydrogen (secondary N) is 1. The predicted octanol–water partition coefficient (Wildman–Crippen LogP) is 1.87. The number of ether oxygens (including phenoxy) is 1. The smallest absolute Gasteiger partial charge is 0.256 e. The fraction of sp³-hybridized carbons (Fsp3) is 0.417. The Morgan fingerprint density at radius 3 is 3.00 bits per heavy atom. The Hall–Kier alpha value is -0.970. The number of benzene rings is 1. The highest BCUT2D eigenvalue weighted by Gasteiger charge is 2.39. The fourth-order valence-corrected chi connectivity index (χ4v) is 2.87. The van der Waals surface area contributed by atoms with Crippen LogP contribution in [0.25, 0.3) is 0 Å². The maximum Gasteiger partial charge on any atom is 0.256 e. The highest BCUT2D eigenvalue weighted by Crippen LogP contribution is 2.40. The number of fused-ring (bicyclic) bond motifs is 3. The lowest BCUT2D eigenvalue weighted by Crippen LogP contribution is -2.44. The third-order valence-corrected chi connectivity index (χ3v) is 3.71. The molecule has 0 spiro atoms. The van der Waals surface area contributed by atoms with E-state index in [4.69, 9.17) is 16.3 Å². The maximum absolute atomic E-state index is 12.2. The summed E-state index contributed by atoms with van der Waals surface area (Å²) >= 11 is 6.17. The molecule has 1 aromatic carbocycles. The second-order valence-electron chi connectivity index (χ2n) is 4.29. The van der Waals surface area contributed by atoms with Gasteiger partial charge in [0.05, 0.1) is 23.7 Å². The molecule has 1 aromatic rings. The van der Waals surface area contributed by atoms with Crippen LogP contribution in [0.15, 0.2) is 12.1 Å². The molecule has 2 aliphatic rings. The topological polar surface area (TPSA) is 41.6 Å². The molecule has 3 rings (SSSR count). The summed E-state index contributed by atoms with van der Waals surface area (Å²) in [6.45, 7) is 2.35. The molecular formula is C12H14Cl2N2O2. The third-order valence-electron chi connectivity index (χ3n) is 3.41. The summed E-state index contributed by atoms with van der Waals surface area (Å²) in [7, 11) is 1.60. The number of hydrogen-bond donors (Lipinski definition) is 1. The van der Waals surface area contributed by atoms with Crippen molar-refractivity contribution in [2.24, 2.45) is 0 Å². The Morgan fingerprint density at radius 1 is 1.50 bits per heavy atom. The zero-order valence-corrected chi connectivity index (χ0v) is 11.5. The summed E-state index contributed by atoms with van der Waals surface area (Å²) in [6.07, 6.45) is 0. The first-order chi connectivity index (χ1) is 8.22. The first kappa shape index (κ1) is 13.5. The Kier molecular flexibility index (Phi) is 3.71. The van der Waals surface area contributed by atoms with E-state index in [0.717, 1.165) is 25.2 Å². The summed E-state index contributed by atoms with van der Waals surface area (Å²) in [5.41, 5.74) is 1.62. The molecule has 0 aliphatic carbocycles. The van der Waals surface area contributed by atoms with Crippen molar-refractivity contribution in [3.63, 3.8) is 0 Å². The van der Waals surface area contributed by atoms with Gasteiger partial charge in [-0.2, -0.15) is 0 Å². The highest BCUT2D eigenvalue weighted by molar-refractivity contribution is 6.34. The molecule has 6 heteroatoms. The monoisotopic (exact) mass is 288 g/mol. The second kappa shape index (κ2) is 4.96. The van der Waals surface area contributed by atoms with E-state index in [1.807, 2.05) is 11.0 Å². The first-order valence-corrected chi connectivity index (χ1v) is 5.99. The van der Waals surface area contributed by atoms with Crippen molar-refractivity contribution in [3.8, 4) is 5.75 Å². The molecule has 2 aliphatic heterocycles. The van der Waals surface area contributed by atoms with Crippen LogP contribution < -0.4 is 10.1 Å². The van der Waals surface area contributed by atoms with Gasteiger partial charge >= 0.3 is 0 Å². The molecule has 1 atom stereocenters. The van der Waals surface area contributed by atoms with E-state index in [9.17, 15) is 4.79 Å². The molecule has 18 heavy (non-hydrogen) atoms. The van der Waals surface area contributed by atoms with E-state index < -0.39 is 0 Å². The van der Waals surface area contributed by atoms with Crippen LogP contribution in [0.2, 0.25) is 5.02 Å². The molecule has 0 unspecified atom stereocenters. The van der Waals surface area contributed by atoms with Crippen LogP contribution >= 0.6 is 24.0 Å². The fourth-order valence-electron chi connectivity index (χ4n) is 2.58. The van der Waals surface area contributed by atoms with Crippen molar-refractivity contribution < 1.29 is 9.53 Å². The van der Waals surface area contributed by atoms with E-state index in [-0.39, 0.29) is 24.4 Å². The Morgan fingerprint density at radius 2 is 2.28 bits per heavy atom. The van der Waals surface area contributed by atoms with Gasteiger partial charge in [-0.3, -0.25) is 4.79 Å². The second-order valence-corrected chi connectivity index (χ2v) is 4.70. The van der Waals surface area contributed by atoms with E-state index in [0.29, 0.717) is 16.3 Å². The molecule has 0 aromatic heterocycles. The summed E-state index contributed by atoms with van der Waals surface area (Å²) in [4.78, 5) is 14.1. The minimum atomic E-state index is 0. The predicted molar refractivity (Wildman–Crippen MR) is 71.9 cm³/mol. The van der Waals surface area contributed by atoms with E-state index in [1.165, 1.54) is 0 Å². The number of methoxy groups -OCH3 is 1. The minimum absolute atomic E-state index is 0. The zero-order chi connectivity index (χ0) is 12.0. The van der Waals surface area contributed by atoms with Crippen LogP contribution in [0.1, 0.15) is 22.0 Å². The minimum Gasteiger partial charge on any atom is -0.497 e. The van der Waals surface area contributed by atoms with Gasteiger partial charge in [-0.05, 0) is 17.7 Å².